The molecule has 3 nitrogen and oxygen atoms in total. The van der Waals surface area contributed by atoms with Crippen LogP contribution in [0.3, 0.4) is 0 Å². The van der Waals surface area contributed by atoms with Gasteiger partial charge in [-0.15, -0.1) is 0 Å². The highest BCUT2D eigenvalue weighted by Crippen LogP contribution is 2.20. The van der Waals surface area contributed by atoms with Crippen LogP contribution >= 0.6 is 0 Å². The summed E-state index contributed by atoms with van der Waals surface area (Å²) in [6.45, 7) is 3.30. The molecule has 0 aliphatic carbocycles. The van der Waals surface area contributed by atoms with Gasteiger partial charge in [0, 0.05) is 31.5 Å². The third-order valence-corrected chi connectivity index (χ3v) is 4.12. The SMILES string of the molecule is Cc1ccc(OC2CCN(C(=O)c3cccc(F)c3)CC2)cc1. The van der Waals surface area contributed by atoms with Crippen molar-refractivity contribution in [2.75, 3.05) is 13.1 Å². The molecule has 1 aliphatic heterocycles. The lowest BCUT2D eigenvalue weighted by Gasteiger charge is -2.32. The topological polar surface area (TPSA) is 29.5 Å². The fourth-order valence-electron chi connectivity index (χ4n) is 2.79. The van der Waals surface area contributed by atoms with Crippen LogP contribution in [-0.4, -0.2) is 30.0 Å². The van der Waals surface area contributed by atoms with E-state index in [9.17, 15) is 9.18 Å². The smallest absolute Gasteiger partial charge is 0.253 e. The van der Waals surface area contributed by atoms with Gasteiger partial charge >= 0.3 is 0 Å². The maximum atomic E-state index is 13.2. The second-order valence-corrected chi connectivity index (χ2v) is 5.93. The molecule has 1 aliphatic rings. The minimum absolute atomic E-state index is 0.113. The first-order chi connectivity index (χ1) is 11.1. The van der Waals surface area contributed by atoms with Crippen molar-refractivity contribution in [1.82, 2.24) is 4.90 Å². The summed E-state index contributed by atoms with van der Waals surface area (Å²) in [5.74, 6) is 0.372. The lowest BCUT2D eigenvalue weighted by atomic mass is 10.1. The van der Waals surface area contributed by atoms with Crippen molar-refractivity contribution in [2.24, 2.45) is 0 Å². The highest BCUT2D eigenvalue weighted by molar-refractivity contribution is 5.94. The molecule has 0 bridgehead atoms. The van der Waals surface area contributed by atoms with Crippen molar-refractivity contribution in [2.45, 2.75) is 25.9 Å². The first kappa shape index (κ1) is 15.5. The molecule has 1 amide bonds. The molecule has 0 atom stereocenters. The number of carbonyl (C=O) groups excluding carboxylic acids is 1. The third-order valence-electron chi connectivity index (χ3n) is 4.12. The number of halogens is 1. The van der Waals surface area contributed by atoms with Gasteiger partial charge in [0.15, 0.2) is 0 Å². The number of benzene rings is 2. The van der Waals surface area contributed by atoms with Crippen molar-refractivity contribution in [1.29, 1.82) is 0 Å². The van der Waals surface area contributed by atoms with E-state index in [0.717, 1.165) is 18.6 Å². The molecule has 0 aromatic heterocycles. The van der Waals surface area contributed by atoms with Gasteiger partial charge in [0.2, 0.25) is 0 Å². The van der Waals surface area contributed by atoms with Gasteiger partial charge in [-0.2, -0.15) is 0 Å². The standard InChI is InChI=1S/C19H20FNO2/c1-14-5-7-17(8-6-14)23-18-9-11-21(12-10-18)19(22)15-3-2-4-16(20)13-15/h2-8,13,18H,9-12H2,1H3. The molecular formula is C19H20FNO2. The second-order valence-electron chi connectivity index (χ2n) is 5.93. The molecule has 0 unspecified atom stereocenters. The van der Waals surface area contributed by atoms with Crippen LogP contribution in [0.2, 0.25) is 0 Å². The Bertz CT molecular complexity index is 676. The van der Waals surface area contributed by atoms with Gasteiger partial charge < -0.3 is 9.64 Å². The number of amides is 1. The Morgan fingerprint density at radius 1 is 1.13 bits per heavy atom. The summed E-state index contributed by atoms with van der Waals surface area (Å²) in [5, 5.41) is 0. The van der Waals surface area contributed by atoms with Gasteiger partial charge in [-0.05, 0) is 37.3 Å². The lowest BCUT2D eigenvalue weighted by Crippen LogP contribution is -2.41. The Labute approximate surface area is 135 Å². The number of piperidine rings is 1. The summed E-state index contributed by atoms with van der Waals surface area (Å²) in [5.41, 5.74) is 1.61. The van der Waals surface area contributed by atoms with E-state index in [0.29, 0.717) is 18.7 Å². The summed E-state index contributed by atoms with van der Waals surface area (Å²) >= 11 is 0. The van der Waals surface area contributed by atoms with Gasteiger partial charge in [-0.25, -0.2) is 4.39 Å². The molecule has 4 heteroatoms. The van der Waals surface area contributed by atoms with Crippen molar-refractivity contribution in [3.63, 3.8) is 0 Å². The molecule has 2 aromatic rings. The van der Waals surface area contributed by atoms with Crippen LogP contribution in [-0.2, 0) is 0 Å². The molecular weight excluding hydrogens is 293 g/mol. The molecule has 1 saturated heterocycles. The zero-order valence-corrected chi connectivity index (χ0v) is 13.2. The number of likely N-dealkylation sites (tertiary alicyclic amines) is 1. The fraction of sp³-hybridized carbons (Fsp3) is 0.316. The van der Waals surface area contributed by atoms with Crippen molar-refractivity contribution in [3.05, 3.63) is 65.5 Å². The molecule has 0 N–H and O–H groups in total. The van der Waals surface area contributed by atoms with Crippen molar-refractivity contribution in [3.8, 4) is 5.75 Å². The van der Waals surface area contributed by atoms with E-state index in [4.69, 9.17) is 4.74 Å². The average molecular weight is 313 g/mol. The van der Waals surface area contributed by atoms with E-state index in [1.165, 1.54) is 17.7 Å². The molecule has 0 radical (unpaired) electrons. The summed E-state index contributed by atoms with van der Waals surface area (Å²) < 4.78 is 19.2. The number of hydrogen-bond donors (Lipinski definition) is 0. The highest BCUT2D eigenvalue weighted by Gasteiger charge is 2.24. The Kier molecular flexibility index (Phi) is 4.60. The van der Waals surface area contributed by atoms with Gasteiger partial charge in [0.05, 0.1) is 0 Å². The van der Waals surface area contributed by atoms with Gasteiger partial charge in [-0.1, -0.05) is 23.8 Å². The summed E-state index contributed by atoms with van der Waals surface area (Å²) in [6, 6.07) is 13.8. The van der Waals surface area contributed by atoms with E-state index in [1.54, 1.807) is 17.0 Å². The number of carbonyl (C=O) groups is 1. The van der Waals surface area contributed by atoms with Gasteiger partial charge in [0.1, 0.15) is 17.7 Å². The van der Waals surface area contributed by atoms with Crippen LogP contribution in [0.5, 0.6) is 5.75 Å². The number of hydrogen-bond acceptors (Lipinski definition) is 2. The average Bonchev–Trinajstić information content (AvgIpc) is 2.57. The summed E-state index contributed by atoms with van der Waals surface area (Å²) in [7, 11) is 0. The van der Waals surface area contributed by atoms with Gasteiger partial charge in [-0.3, -0.25) is 4.79 Å². The van der Waals surface area contributed by atoms with Crippen LogP contribution in [0.15, 0.2) is 48.5 Å². The molecule has 0 spiro atoms. The molecule has 120 valence electrons. The van der Waals surface area contributed by atoms with Crippen LogP contribution in [0, 0.1) is 12.7 Å². The highest BCUT2D eigenvalue weighted by atomic mass is 19.1. The molecule has 1 heterocycles. The minimum atomic E-state index is -0.381. The maximum Gasteiger partial charge on any atom is 0.253 e. The fourth-order valence-corrected chi connectivity index (χ4v) is 2.79. The Morgan fingerprint density at radius 2 is 1.83 bits per heavy atom. The number of rotatable bonds is 3. The van der Waals surface area contributed by atoms with Crippen molar-refractivity contribution >= 4 is 5.91 Å². The first-order valence-corrected chi connectivity index (χ1v) is 7.90. The third kappa shape index (κ3) is 3.89. The summed E-state index contributed by atoms with van der Waals surface area (Å²) in [4.78, 5) is 14.1. The van der Waals surface area contributed by atoms with Crippen LogP contribution in [0.25, 0.3) is 0 Å². The Balaban J connectivity index is 1.55. The largest absolute Gasteiger partial charge is 0.490 e. The maximum absolute atomic E-state index is 13.2. The molecule has 3 rings (SSSR count). The van der Waals surface area contributed by atoms with Gasteiger partial charge in [0.25, 0.3) is 5.91 Å². The zero-order chi connectivity index (χ0) is 16.2. The van der Waals surface area contributed by atoms with Crippen LogP contribution in [0.1, 0.15) is 28.8 Å². The molecule has 2 aromatic carbocycles. The lowest BCUT2D eigenvalue weighted by molar-refractivity contribution is 0.0595. The Morgan fingerprint density at radius 3 is 2.48 bits per heavy atom. The Hall–Kier alpha value is -2.36. The van der Waals surface area contributed by atoms with E-state index in [1.807, 2.05) is 31.2 Å². The normalized spacial score (nSPS) is 15.5. The van der Waals surface area contributed by atoms with E-state index in [2.05, 4.69) is 0 Å². The monoisotopic (exact) mass is 313 g/mol. The quantitative estimate of drug-likeness (QED) is 0.862. The van der Waals surface area contributed by atoms with E-state index < -0.39 is 0 Å². The van der Waals surface area contributed by atoms with Crippen molar-refractivity contribution < 1.29 is 13.9 Å². The molecule has 0 saturated carbocycles. The van der Waals surface area contributed by atoms with E-state index in [-0.39, 0.29) is 17.8 Å². The summed E-state index contributed by atoms with van der Waals surface area (Å²) in [6.07, 6.45) is 1.69. The number of ether oxygens (including phenoxy) is 1. The number of nitrogens with zero attached hydrogens (tertiary/aromatic N) is 1. The van der Waals surface area contributed by atoms with Crippen LogP contribution in [0.4, 0.5) is 4.39 Å². The predicted molar refractivity (Wildman–Crippen MR) is 87.1 cm³/mol. The zero-order valence-electron chi connectivity index (χ0n) is 13.2. The molecule has 23 heavy (non-hydrogen) atoms. The number of aryl methyl sites for hydroxylation is 1. The van der Waals surface area contributed by atoms with Crippen LogP contribution < -0.4 is 4.74 Å². The predicted octanol–water partition coefficient (Wildman–Crippen LogP) is 3.82. The van der Waals surface area contributed by atoms with E-state index >= 15 is 0 Å². The minimum Gasteiger partial charge on any atom is -0.490 e. The molecule has 1 fully saturated rings. The second kappa shape index (κ2) is 6.82. The first-order valence-electron chi connectivity index (χ1n) is 7.90.